The molecule has 0 aromatic rings. The van der Waals surface area contributed by atoms with Gasteiger partial charge in [-0.2, -0.15) is 0 Å². The van der Waals surface area contributed by atoms with Gasteiger partial charge in [0.25, 0.3) is 0 Å². The highest BCUT2D eigenvalue weighted by Gasteiger charge is 2.23. The SMILES string of the molecule is CC(=O)NCCOCCOCC(=O)NCCCC[C@H](C)C(=O)C[C@@H](CCCCNC(=O)COCCOCCCC(=O)COCCOCCNC(=O)CC[C@H](CC(=O)CCCCCCCCCCC(=O)O)C(=O)O)C(C)=O. The van der Waals surface area contributed by atoms with E-state index in [0.29, 0.717) is 97.2 Å². The number of Topliss-reactive ketones (excluding diaryl/α,β-unsaturated/α-hetero) is 4. The van der Waals surface area contributed by atoms with Crippen LogP contribution in [0.15, 0.2) is 0 Å². The normalized spacial score (nSPS) is 12.3. The van der Waals surface area contributed by atoms with E-state index in [2.05, 4.69) is 21.3 Å². The summed E-state index contributed by atoms with van der Waals surface area (Å²) >= 11 is 0. The Labute approximate surface area is 450 Å². The number of ether oxygens (including phenoxy) is 6. The molecule has 0 aliphatic heterocycles. The molecule has 438 valence electrons. The number of carboxylic acid groups (broad SMARTS) is 2. The Morgan fingerprint density at radius 3 is 1.41 bits per heavy atom. The van der Waals surface area contributed by atoms with E-state index >= 15 is 0 Å². The molecule has 0 heterocycles. The average Bonchev–Trinajstić information content (AvgIpc) is 3.36. The molecule has 76 heavy (non-hydrogen) atoms. The largest absolute Gasteiger partial charge is 0.481 e. The lowest BCUT2D eigenvalue weighted by Gasteiger charge is -2.16. The molecule has 0 fully saturated rings. The fourth-order valence-electron chi connectivity index (χ4n) is 7.63. The van der Waals surface area contributed by atoms with Crippen LogP contribution in [-0.4, -0.2) is 174 Å². The Kier molecular flexibility index (Phi) is 46.7. The topological polar surface area (TPSA) is 315 Å². The molecular formula is C54H94N4O18. The van der Waals surface area contributed by atoms with Gasteiger partial charge in [0.2, 0.25) is 23.6 Å². The number of carbonyl (C=O) groups excluding carboxylic acids is 8. The Morgan fingerprint density at radius 2 is 0.868 bits per heavy atom. The third-order valence-corrected chi connectivity index (χ3v) is 12.2. The molecule has 22 nitrogen and oxygen atoms in total. The van der Waals surface area contributed by atoms with Crippen molar-refractivity contribution in [3.63, 3.8) is 0 Å². The molecular weight excluding hydrogens is 993 g/mol. The Bertz CT molecular complexity index is 1650. The number of hydrogen-bond acceptors (Lipinski definition) is 16. The number of rotatable bonds is 56. The molecule has 0 aromatic heterocycles. The molecule has 0 unspecified atom stereocenters. The third kappa shape index (κ3) is 47.7. The van der Waals surface area contributed by atoms with Gasteiger partial charge >= 0.3 is 11.9 Å². The van der Waals surface area contributed by atoms with Crippen molar-refractivity contribution in [2.75, 3.05) is 105 Å². The highest BCUT2D eigenvalue weighted by molar-refractivity contribution is 5.88. The fourth-order valence-corrected chi connectivity index (χ4v) is 7.63. The maximum atomic E-state index is 12.9. The molecule has 0 radical (unpaired) electrons. The Hall–Kier alpha value is -4.74. The average molecular weight is 1090 g/mol. The summed E-state index contributed by atoms with van der Waals surface area (Å²) in [4.78, 5) is 119. The van der Waals surface area contributed by atoms with Gasteiger partial charge in [-0.15, -0.1) is 0 Å². The standard InChI is InChI=1S/C54H94N4O18/c1-42(17-12-14-24-56-51(65)41-76-36-33-72-29-26-55-44(3)60)49(63)38-45(43(2)59)18-13-15-25-57-52(66)40-75-35-31-71-28-16-20-48(62)39-74-34-32-73-30-27-58-50(64)23-22-46(54(69)70)37-47(61)19-10-8-6-4-5-7-9-11-21-53(67)68/h42,45-46H,4-41H2,1-3H3,(H,55,60)(H,56,65)(H,57,66)(H,58,64)(H,67,68)(H,69,70)/t42-,45+,46+/m0/s1. The van der Waals surface area contributed by atoms with Crippen molar-refractivity contribution in [3.8, 4) is 0 Å². The van der Waals surface area contributed by atoms with E-state index in [-0.39, 0.29) is 163 Å². The third-order valence-electron chi connectivity index (χ3n) is 12.2. The zero-order valence-electron chi connectivity index (χ0n) is 46.0. The van der Waals surface area contributed by atoms with Crippen LogP contribution in [0.2, 0.25) is 0 Å². The summed E-state index contributed by atoms with van der Waals surface area (Å²) in [6.07, 6.45) is 12.5. The van der Waals surface area contributed by atoms with Crippen molar-refractivity contribution in [2.45, 2.75) is 162 Å². The van der Waals surface area contributed by atoms with Crippen molar-refractivity contribution in [3.05, 3.63) is 0 Å². The summed E-state index contributed by atoms with van der Waals surface area (Å²) in [6, 6.07) is 0. The van der Waals surface area contributed by atoms with Gasteiger partial charge in [-0.25, -0.2) is 0 Å². The van der Waals surface area contributed by atoms with Gasteiger partial charge in [0, 0.05) is 90.1 Å². The fraction of sp³-hybridized carbons (Fsp3) is 0.815. The number of hydrogen-bond donors (Lipinski definition) is 6. The first-order chi connectivity index (χ1) is 36.5. The summed E-state index contributed by atoms with van der Waals surface area (Å²) in [6.45, 7) is 8.33. The Balaban J connectivity index is 3.81. The maximum absolute atomic E-state index is 12.9. The van der Waals surface area contributed by atoms with E-state index in [1.165, 1.54) is 13.8 Å². The maximum Gasteiger partial charge on any atom is 0.306 e. The van der Waals surface area contributed by atoms with E-state index in [9.17, 15) is 53.1 Å². The minimum absolute atomic E-state index is 0.0268. The minimum atomic E-state index is -1.10. The molecule has 4 amide bonds. The predicted octanol–water partition coefficient (Wildman–Crippen LogP) is 4.49. The number of aliphatic carboxylic acids is 2. The number of amides is 4. The van der Waals surface area contributed by atoms with Gasteiger partial charge in [0.05, 0.1) is 58.8 Å². The molecule has 0 saturated carbocycles. The van der Waals surface area contributed by atoms with E-state index in [4.69, 9.17) is 33.5 Å². The first-order valence-corrected chi connectivity index (χ1v) is 27.5. The molecule has 22 heteroatoms. The van der Waals surface area contributed by atoms with E-state index in [1.54, 1.807) is 0 Å². The molecule has 0 aromatic carbocycles. The predicted molar refractivity (Wildman–Crippen MR) is 281 cm³/mol. The van der Waals surface area contributed by atoms with Crippen LogP contribution >= 0.6 is 0 Å². The van der Waals surface area contributed by atoms with Crippen LogP contribution in [0.3, 0.4) is 0 Å². The summed E-state index contributed by atoms with van der Waals surface area (Å²) in [5.41, 5.74) is 0. The number of carbonyl (C=O) groups is 10. The van der Waals surface area contributed by atoms with Crippen LogP contribution in [0.5, 0.6) is 0 Å². The van der Waals surface area contributed by atoms with Crippen molar-refractivity contribution >= 4 is 58.7 Å². The summed E-state index contributed by atoms with van der Waals surface area (Å²) in [5.74, 6) is -4.55. The van der Waals surface area contributed by atoms with E-state index < -0.39 is 17.9 Å². The van der Waals surface area contributed by atoms with Crippen LogP contribution in [-0.2, 0) is 76.4 Å². The van der Waals surface area contributed by atoms with Crippen LogP contribution < -0.4 is 21.3 Å². The quantitative estimate of drug-likeness (QED) is 0.0457. The van der Waals surface area contributed by atoms with Crippen LogP contribution in [0.4, 0.5) is 0 Å². The van der Waals surface area contributed by atoms with Crippen LogP contribution in [0.25, 0.3) is 0 Å². The number of nitrogens with one attached hydrogen (secondary N) is 4. The molecule has 0 spiro atoms. The zero-order chi connectivity index (χ0) is 56.4. The molecule has 6 N–H and O–H groups in total. The molecule has 3 atom stereocenters. The summed E-state index contributed by atoms with van der Waals surface area (Å²) < 4.78 is 32.2. The van der Waals surface area contributed by atoms with Crippen molar-refractivity contribution < 1.29 is 86.6 Å². The lowest BCUT2D eigenvalue weighted by molar-refractivity contribution is -0.144. The van der Waals surface area contributed by atoms with Gasteiger partial charge in [-0.1, -0.05) is 58.3 Å². The minimum Gasteiger partial charge on any atom is -0.481 e. The molecule has 0 bridgehead atoms. The second kappa shape index (κ2) is 49.8. The zero-order valence-corrected chi connectivity index (χ0v) is 46.0. The lowest BCUT2D eigenvalue weighted by atomic mass is 9.87. The van der Waals surface area contributed by atoms with Gasteiger partial charge in [-0.05, 0) is 58.3 Å². The molecule has 0 aliphatic rings. The van der Waals surface area contributed by atoms with Crippen LogP contribution in [0, 0.1) is 17.8 Å². The second-order valence-electron chi connectivity index (χ2n) is 19.1. The highest BCUT2D eigenvalue weighted by Crippen LogP contribution is 2.20. The number of ketones is 4. The smallest absolute Gasteiger partial charge is 0.306 e. The van der Waals surface area contributed by atoms with Crippen molar-refractivity contribution in [1.82, 2.24) is 21.3 Å². The summed E-state index contributed by atoms with van der Waals surface area (Å²) in [7, 11) is 0. The number of unbranched alkanes of at least 4 members (excludes halogenated alkanes) is 9. The van der Waals surface area contributed by atoms with Crippen LogP contribution in [0.1, 0.15) is 162 Å². The van der Waals surface area contributed by atoms with Gasteiger partial charge in [0.15, 0.2) is 5.78 Å². The van der Waals surface area contributed by atoms with E-state index in [0.717, 1.165) is 44.9 Å². The second-order valence-corrected chi connectivity index (χ2v) is 19.1. The van der Waals surface area contributed by atoms with Gasteiger partial charge in [-0.3, -0.25) is 47.9 Å². The Morgan fingerprint density at radius 1 is 0.395 bits per heavy atom. The highest BCUT2D eigenvalue weighted by atomic mass is 16.5. The molecule has 0 rings (SSSR count). The first-order valence-electron chi connectivity index (χ1n) is 27.5. The van der Waals surface area contributed by atoms with Crippen molar-refractivity contribution in [1.29, 1.82) is 0 Å². The first kappa shape index (κ1) is 71.3. The van der Waals surface area contributed by atoms with E-state index in [1.807, 2.05) is 6.92 Å². The van der Waals surface area contributed by atoms with Crippen molar-refractivity contribution in [2.24, 2.45) is 17.8 Å². The molecule has 0 saturated heterocycles. The summed E-state index contributed by atoms with van der Waals surface area (Å²) in [5, 5.41) is 29.1. The van der Waals surface area contributed by atoms with Gasteiger partial charge in [0.1, 0.15) is 37.2 Å². The molecule has 0 aliphatic carbocycles. The number of carboxylic acids is 2. The lowest BCUT2D eigenvalue weighted by Crippen LogP contribution is -2.29. The van der Waals surface area contributed by atoms with Gasteiger partial charge < -0.3 is 59.9 Å². The monoisotopic (exact) mass is 1090 g/mol.